The zero-order chi connectivity index (χ0) is 15.7. The van der Waals surface area contributed by atoms with Crippen LogP contribution in [0.1, 0.15) is 56.8 Å². The van der Waals surface area contributed by atoms with Gasteiger partial charge < -0.3 is 5.32 Å². The molecular weight excluding hydrogens is 266 g/mol. The topological polar surface area (TPSA) is 70.6 Å². The molecule has 21 heavy (non-hydrogen) atoms. The summed E-state index contributed by atoms with van der Waals surface area (Å²) in [5.41, 5.74) is 4.65. The second kappa shape index (κ2) is 8.89. The van der Waals surface area contributed by atoms with Gasteiger partial charge in [-0.2, -0.15) is 5.10 Å². The van der Waals surface area contributed by atoms with Crippen LogP contribution in [0.4, 0.5) is 5.69 Å². The number of carbonyl (C=O) groups is 2. The van der Waals surface area contributed by atoms with Gasteiger partial charge in [0.1, 0.15) is 0 Å². The molecule has 1 rings (SSSR count). The summed E-state index contributed by atoms with van der Waals surface area (Å²) in [6.45, 7) is 5.81. The second-order valence-corrected chi connectivity index (χ2v) is 4.87. The second-order valence-electron chi connectivity index (χ2n) is 4.87. The highest BCUT2D eigenvalue weighted by atomic mass is 16.2. The molecule has 0 aromatic heterocycles. The molecule has 0 atom stereocenters. The molecule has 0 spiro atoms. The van der Waals surface area contributed by atoms with Crippen LogP contribution in [0.2, 0.25) is 0 Å². The van der Waals surface area contributed by atoms with Gasteiger partial charge in [0.2, 0.25) is 5.91 Å². The van der Waals surface area contributed by atoms with Gasteiger partial charge in [-0.05, 0) is 44.0 Å². The molecule has 0 aliphatic heterocycles. The number of nitrogens with one attached hydrogen (secondary N) is 2. The SMILES string of the molecule is CCCCC(C)=NNC(=O)c1ccc(NC(=O)CC)cc1. The van der Waals surface area contributed by atoms with Crippen molar-refractivity contribution in [2.75, 3.05) is 5.32 Å². The highest BCUT2D eigenvalue weighted by molar-refractivity contribution is 5.96. The van der Waals surface area contributed by atoms with Crippen LogP contribution in [-0.4, -0.2) is 17.5 Å². The van der Waals surface area contributed by atoms with Crippen molar-refractivity contribution in [1.82, 2.24) is 5.43 Å². The molecule has 2 N–H and O–H groups in total. The molecule has 0 aliphatic carbocycles. The number of rotatable bonds is 7. The predicted molar refractivity (Wildman–Crippen MR) is 85.5 cm³/mol. The van der Waals surface area contributed by atoms with Crippen molar-refractivity contribution in [3.63, 3.8) is 0 Å². The summed E-state index contributed by atoms with van der Waals surface area (Å²) in [5, 5.41) is 6.80. The normalized spacial score (nSPS) is 11.1. The van der Waals surface area contributed by atoms with Gasteiger partial charge in [0.15, 0.2) is 0 Å². The maximum atomic E-state index is 11.9. The van der Waals surface area contributed by atoms with Gasteiger partial charge in [-0.15, -0.1) is 0 Å². The summed E-state index contributed by atoms with van der Waals surface area (Å²) in [6, 6.07) is 6.74. The van der Waals surface area contributed by atoms with E-state index in [0.717, 1.165) is 25.0 Å². The number of benzene rings is 1. The van der Waals surface area contributed by atoms with Crippen molar-refractivity contribution in [3.8, 4) is 0 Å². The maximum absolute atomic E-state index is 11.9. The van der Waals surface area contributed by atoms with E-state index >= 15 is 0 Å². The molecular formula is C16H23N3O2. The fraction of sp³-hybridized carbons (Fsp3) is 0.438. The Morgan fingerprint density at radius 3 is 2.38 bits per heavy atom. The van der Waals surface area contributed by atoms with Crippen LogP contribution in [-0.2, 0) is 4.79 Å². The van der Waals surface area contributed by atoms with Crippen LogP contribution in [0.5, 0.6) is 0 Å². The van der Waals surface area contributed by atoms with Crippen LogP contribution in [0.25, 0.3) is 0 Å². The van der Waals surface area contributed by atoms with Crippen molar-refractivity contribution in [1.29, 1.82) is 0 Å². The lowest BCUT2D eigenvalue weighted by Crippen LogP contribution is -2.19. The van der Waals surface area contributed by atoms with Gasteiger partial charge in [-0.25, -0.2) is 5.43 Å². The molecule has 5 nitrogen and oxygen atoms in total. The summed E-state index contributed by atoms with van der Waals surface area (Å²) >= 11 is 0. The first-order valence-electron chi connectivity index (χ1n) is 7.30. The lowest BCUT2D eigenvalue weighted by Gasteiger charge is -2.05. The van der Waals surface area contributed by atoms with Gasteiger partial charge in [0, 0.05) is 23.4 Å². The quantitative estimate of drug-likeness (QED) is 0.597. The van der Waals surface area contributed by atoms with Gasteiger partial charge >= 0.3 is 0 Å². The number of carbonyl (C=O) groups excluding carboxylic acids is 2. The first-order chi connectivity index (χ1) is 10.1. The molecule has 0 saturated heterocycles. The molecule has 0 fully saturated rings. The number of nitrogens with zero attached hydrogens (tertiary/aromatic N) is 1. The Balaban J connectivity index is 2.57. The molecule has 114 valence electrons. The third kappa shape index (κ3) is 6.21. The number of hydrazone groups is 1. The largest absolute Gasteiger partial charge is 0.326 e. The lowest BCUT2D eigenvalue weighted by atomic mass is 10.2. The molecule has 0 bridgehead atoms. The Morgan fingerprint density at radius 2 is 1.81 bits per heavy atom. The fourth-order valence-electron chi connectivity index (χ4n) is 1.65. The van der Waals surface area contributed by atoms with Crippen molar-refractivity contribution in [2.45, 2.75) is 46.5 Å². The molecule has 0 unspecified atom stereocenters. The Bertz CT molecular complexity index is 507. The van der Waals surface area contributed by atoms with E-state index in [2.05, 4.69) is 22.8 Å². The standard InChI is InChI=1S/C16H23N3O2/c1-4-6-7-12(3)18-19-16(21)13-8-10-14(11-9-13)17-15(20)5-2/h8-11H,4-7H2,1-3H3,(H,17,20)(H,19,21). The minimum Gasteiger partial charge on any atom is -0.326 e. The Hall–Kier alpha value is -2.17. The van der Waals surface area contributed by atoms with Crippen LogP contribution in [0.15, 0.2) is 29.4 Å². The molecule has 5 heteroatoms. The third-order valence-corrected chi connectivity index (χ3v) is 2.99. The minimum atomic E-state index is -0.251. The van der Waals surface area contributed by atoms with Crippen LogP contribution in [0, 0.1) is 0 Å². The van der Waals surface area contributed by atoms with E-state index in [9.17, 15) is 9.59 Å². The molecule has 1 aromatic carbocycles. The van der Waals surface area contributed by atoms with Crippen molar-refractivity contribution in [2.24, 2.45) is 5.10 Å². The van der Waals surface area contributed by atoms with E-state index in [4.69, 9.17) is 0 Å². The summed E-state index contributed by atoms with van der Waals surface area (Å²) in [5.74, 6) is -0.303. The van der Waals surface area contributed by atoms with Gasteiger partial charge in [0.05, 0.1) is 0 Å². The number of hydrogen-bond acceptors (Lipinski definition) is 3. The van der Waals surface area contributed by atoms with E-state index in [1.807, 2.05) is 6.92 Å². The smallest absolute Gasteiger partial charge is 0.271 e. The van der Waals surface area contributed by atoms with E-state index in [1.54, 1.807) is 31.2 Å². The van der Waals surface area contributed by atoms with Crippen molar-refractivity contribution >= 4 is 23.2 Å². The summed E-state index contributed by atoms with van der Waals surface area (Å²) in [4.78, 5) is 23.2. The van der Waals surface area contributed by atoms with E-state index in [0.29, 0.717) is 17.7 Å². The highest BCUT2D eigenvalue weighted by Crippen LogP contribution is 2.10. The van der Waals surface area contributed by atoms with E-state index < -0.39 is 0 Å². The third-order valence-electron chi connectivity index (χ3n) is 2.99. The molecule has 0 heterocycles. The molecule has 0 saturated carbocycles. The number of amides is 2. The van der Waals surface area contributed by atoms with Gasteiger partial charge in [-0.1, -0.05) is 20.3 Å². The van der Waals surface area contributed by atoms with Crippen LogP contribution in [0.3, 0.4) is 0 Å². The average Bonchev–Trinajstić information content (AvgIpc) is 2.51. The Kier molecular flexibility index (Phi) is 7.15. The van der Waals surface area contributed by atoms with Gasteiger partial charge in [0.25, 0.3) is 5.91 Å². The summed E-state index contributed by atoms with van der Waals surface area (Å²) < 4.78 is 0. The molecule has 1 aromatic rings. The molecule has 0 aliphatic rings. The van der Waals surface area contributed by atoms with Crippen molar-refractivity contribution < 1.29 is 9.59 Å². The monoisotopic (exact) mass is 289 g/mol. The predicted octanol–water partition coefficient (Wildman–Crippen LogP) is 3.33. The first-order valence-corrected chi connectivity index (χ1v) is 7.30. The van der Waals surface area contributed by atoms with Gasteiger partial charge in [-0.3, -0.25) is 9.59 Å². The number of anilines is 1. The zero-order valence-electron chi connectivity index (χ0n) is 12.9. The zero-order valence-corrected chi connectivity index (χ0v) is 12.9. The number of hydrogen-bond donors (Lipinski definition) is 2. The Morgan fingerprint density at radius 1 is 1.14 bits per heavy atom. The minimum absolute atomic E-state index is 0.0525. The summed E-state index contributed by atoms with van der Waals surface area (Å²) in [7, 11) is 0. The van der Waals surface area contributed by atoms with E-state index in [-0.39, 0.29) is 11.8 Å². The Labute approximate surface area is 125 Å². The summed E-state index contributed by atoms with van der Waals surface area (Å²) in [6.07, 6.45) is 3.48. The average molecular weight is 289 g/mol. The first kappa shape index (κ1) is 16.9. The lowest BCUT2D eigenvalue weighted by molar-refractivity contribution is -0.115. The van der Waals surface area contributed by atoms with Crippen molar-refractivity contribution in [3.05, 3.63) is 29.8 Å². The number of unbranched alkanes of at least 4 members (excludes halogenated alkanes) is 1. The van der Waals surface area contributed by atoms with Crippen LogP contribution >= 0.6 is 0 Å². The maximum Gasteiger partial charge on any atom is 0.271 e. The van der Waals surface area contributed by atoms with Crippen LogP contribution < -0.4 is 10.7 Å². The van der Waals surface area contributed by atoms with E-state index in [1.165, 1.54) is 0 Å². The highest BCUT2D eigenvalue weighted by Gasteiger charge is 2.05. The molecule has 0 radical (unpaired) electrons. The fourth-order valence-corrected chi connectivity index (χ4v) is 1.65. The molecule has 2 amide bonds.